The maximum absolute atomic E-state index is 11.4. The molecule has 1 aliphatic rings. The Morgan fingerprint density at radius 1 is 1.36 bits per heavy atom. The van der Waals surface area contributed by atoms with Crippen molar-refractivity contribution in [3.63, 3.8) is 0 Å². The minimum Gasteiger partial charge on any atom is -0.313 e. The molecule has 0 spiro atoms. The Morgan fingerprint density at radius 3 is 2.64 bits per heavy atom. The van der Waals surface area contributed by atoms with Crippen LogP contribution in [-0.4, -0.2) is 32.0 Å². The molecule has 1 N–H and O–H groups in total. The number of hydrogen-bond donors (Lipinski definition) is 1. The lowest BCUT2D eigenvalue weighted by Gasteiger charge is -2.16. The Bertz CT molecular complexity index is 223. The van der Waals surface area contributed by atoms with Gasteiger partial charge in [0, 0.05) is 6.04 Å². The van der Waals surface area contributed by atoms with Gasteiger partial charge >= 0.3 is 0 Å². The largest absolute Gasteiger partial charge is 0.313 e. The zero-order valence-electron chi connectivity index (χ0n) is 7.00. The van der Waals surface area contributed by atoms with Gasteiger partial charge in [0.05, 0.1) is 11.0 Å². The van der Waals surface area contributed by atoms with Crippen molar-refractivity contribution in [2.24, 2.45) is 0 Å². The molecule has 0 aromatic heterocycles. The van der Waals surface area contributed by atoms with E-state index in [-0.39, 0.29) is 11.3 Å². The third-order valence-corrected chi connectivity index (χ3v) is 4.74. The first-order valence-corrected chi connectivity index (χ1v) is 5.70. The first-order valence-electron chi connectivity index (χ1n) is 3.99. The summed E-state index contributed by atoms with van der Waals surface area (Å²) in [6, 6.07) is 0.0995. The predicted molar refractivity (Wildman–Crippen MR) is 45.3 cm³/mol. The van der Waals surface area contributed by atoms with Crippen molar-refractivity contribution in [2.75, 3.05) is 12.3 Å². The van der Waals surface area contributed by atoms with Crippen LogP contribution in [0.5, 0.6) is 0 Å². The van der Waals surface area contributed by atoms with Gasteiger partial charge in [0.2, 0.25) is 0 Å². The molecule has 0 amide bonds. The van der Waals surface area contributed by atoms with Gasteiger partial charge in [-0.1, -0.05) is 0 Å². The van der Waals surface area contributed by atoms with Gasteiger partial charge < -0.3 is 5.32 Å². The molecule has 0 aromatic carbocycles. The Hall–Kier alpha value is -0.0900. The lowest BCUT2D eigenvalue weighted by molar-refractivity contribution is 0.532. The Kier molecular flexibility index (Phi) is 2.54. The summed E-state index contributed by atoms with van der Waals surface area (Å²) in [6.45, 7) is 4.52. The van der Waals surface area contributed by atoms with Crippen LogP contribution in [-0.2, 0) is 9.84 Å². The SMILES string of the molecule is CC1NCCCS(=O)(=O)C1C. The van der Waals surface area contributed by atoms with Crippen molar-refractivity contribution in [3.05, 3.63) is 0 Å². The molecule has 1 rings (SSSR count). The number of sulfone groups is 1. The summed E-state index contributed by atoms with van der Waals surface area (Å²) in [4.78, 5) is 0. The zero-order valence-corrected chi connectivity index (χ0v) is 7.82. The normalized spacial score (nSPS) is 38.0. The van der Waals surface area contributed by atoms with Gasteiger partial charge in [-0.15, -0.1) is 0 Å². The molecule has 0 aromatic rings. The molecule has 3 nitrogen and oxygen atoms in total. The summed E-state index contributed by atoms with van der Waals surface area (Å²) >= 11 is 0. The van der Waals surface area contributed by atoms with Gasteiger partial charge in [-0.2, -0.15) is 0 Å². The summed E-state index contributed by atoms with van der Waals surface area (Å²) in [5.41, 5.74) is 0. The minimum atomic E-state index is -2.81. The highest BCUT2D eigenvalue weighted by atomic mass is 32.2. The molecule has 1 heterocycles. The van der Waals surface area contributed by atoms with Gasteiger partial charge in [0.25, 0.3) is 0 Å². The third-order valence-electron chi connectivity index (χ3n) is 2.34. The first kappa shape index (κ1) is 9.00. The average molecular weight is 177 g/mol. The Morgan fingerprint density at radius 2 is 2.00 bits per heavy atom. The molecule has 0 saturated carbocycles. The number of nitrogens with one attached hydrogen (secondary N) is 1. The lowest BCUT2D eigenvalue weighted by atomic mass is 10.2. The monoisotopic (exact) mass is 177 g/mol. The van der Waals surface area contributed by atoms with Crippen LogP contribution in [0.3, 0.4) is 0 Å². The van der Waals surface area contributed by atoms with Crippen LogP contribution in [0.4, 0.5) is 0 Å². The van der Waals surface area contributed by atoms with Crippen LogP contribution in [0.1, 0.15) is 20.3 Å². The average Bonchev–Trinajstić information content (AvgIpc) is 2.03. The van der Waals surface area contributed by atoms with Crippen molar-refractivity contribution in [2.45, 2.75) is 31.6 Å². The first-order chi connectivity index (χ1) is 5.04. The highest BCUT2D eigenvalue weighted by Gasteiger charge is 2.27. The lowest BCUT2D eigenvalue weighted by Crippen LogP contribution is -2.37. The van der Waals surface area contributed by atoms with Crippen molar-refractivity contribution in [1.82, 2.24) is 5.32 Å². The molecule has 1 aliphatic heterocycles. The second kappa shape index (κ2) is 3.11. The fourth-order valence-corrected chi connectivity index (χ4v) is 2.90. The van der Waals surface area contributed by atoms with E-state index in [4.69, 9.17) is 0 Å². The van der Waals surface area contributed by atoms with E-state index in [2.05, 4.69) is 5.32 Å². The molecule has 0 aliphatic carbocycles. The number of rotatable bonds is 0. The highest BCUT2D eigenvalue weighted by molar-refractivity contribution is 7.92. The van der Waals surface area contributed by atoms with Crippen molar-refractivity contribution in [1.29, 1.82) is 0 Å². The standard InChI is InChI=1S/C7H15NO2S/c1-6-7(2)11(9,10)5-3-4-8-6/h6-8H,3-5H2,1-2H3. The molecule has 0 radical (unpaired) electrons. The predicted octanol–water partition coefficient (Wildman–Crippen LogP) is 0.172. The Labute approximate surface area is 68.1 Å². The van der Waals surface area contributed by atoms with Crippen molar-refractivity contribution in [3.8, 4) is 0 Å². The van der Waals surface area contributed by atoms with Gasteiger partial charge in [-0.05, 0) is 26.8 Å². The van der Waals surface area contributed by atoms with Crippen molar-refractivity contribution >= 4 is 9.84 Å². The second-order valence-electron chi connectivity index (χ2n) is 3.17. The van der Waals surface area contributed by atoms with E-state index in [0.717, 1.165) is 13.0 Å². The number of hydrogen-bond acceptors (Lipinski definition) is 3. The fourth-order valence-electron chi connectivity index (χ4n) is 1.27. The fraction of sp³-hybridized carbons (Fsp3) is 1.00. The van der Waals surface area contributed by atoms with E-state index in [1.807, 2.05) is 6.92 Å². The summed E-state index contributed by atoms with van der Waals surface area (Å²) in [5.74, 6) is 0.339. The topological polar surface area (TPSA) is 46.2 Å². The van der Waals surface area contributed by atoms with Crippen LogP contribution >= 0.6 is 0 Å². The molecule has 2 unspecified atom stereocenters. The van der Waals surface area contributed by atoms with E-state index in [1.165, 1.54) is 0 Å². The van der Waals surface area contributed by atoms with Gasteiger partial charge in [0.15, 0.2) is 9.84 Å². The highest BCUT2D eigenvalue weighted by Crippen LogP contribution is 2.11. The van der Waals surface area contributed by atoms with Crippen LogP contribution in [0.25, 0.3) is 0 Å². The van der Waals surface area contributed by atoms with Gasteiger partial charge in [0.1, 0.15) is 0 Å². The molecule has 1 fully saturated rings. The molecular formula is C7H15NO2S. The molecule has 0 bridgehead atoms. The van der Waals surface area contributed by atoms with Crippen LogP contribution in [0.15, 0.2) is 0 Å². The van der Waals surface area contributed by atoms with Gasteiger partial charge in [-0.25, -0.2) is 8.42 Å². The summed E-state index contributed by atoms with van der Waals surface area (Å²) in [6.07, 6.45) is 0.747. The molecule has 4 heteroatoms. The smallest absolute Gasteiger partial charge is 0.154 e. The summed E-state index contributed by atoms with van der Waals surface area (Å²) in [5, 5.41) is 2.94. The zero-order chi connectivity index (χ0) is 8.48. The quantitative estimate of drug-likeness (QED) is 0.574. The Balaban J connectivity index is 2.82. The molecular weight excluding hydrogens is 162 g/mol. The van der Waals surface area contributed by atoms with Gasteiger partial charge in [-0.3, -0.25) is 0 Å². The van der Waals surface area contributed by atoms with E-state index >= 15 is 0 Å². The summed E-state index contributed by atoms with van der Waals surface area (Å²) < 4.78 is 22.7. The van der Waals surface area contributed by atoms with Crippen LogP contribution in [0.2, 0.25) is 0 Å². The van der Waals surface area contributed by atoms with E-state index < -0.39 is 9.84 Å². The molecule has 11 heavy (non-hydrogen) atoms. The van der Waals surface area contributed by atoms with Crippen LogP contribution < -0.4 is 5.32 Å². The minimum absolute atomic E-state index is 0.0995. The maximum atomic E-state index is 11.4. The van der Waals surface area contributed by atoms with E-state index in [9.17, 15) is 8.42 Å². The van der Waals surface area contributed by atoms with Crippen molar-refractivity contribution < 1.29 is 8.42 Å². The second-order valence-corrected chi connectivity index (χ2v) is 5.65. The van der Waals surface area contributed by atoms with Crippen LogP contribution in [0, 0.1) is 0 Å². The van der Waals surface area contributed by atoms with E-state index in [1.54, 1.807) is 6.92 Å². The molecule has 66 valence electrons. The molecule has 1 saturated heterocycles. The third kappa shape index (κ3) is 1.93. The van der Waals surface area contributed by atoms with E-state index in [0.29, 0.717) is 5.75 Å². The summed E-state index contributed by atoms with van der Waals surface area (Å²) in [7, 11) is -2.81. The maximum Gasteiger partial charge on any atom is 0.154 e. The molecule has 2 atom stereocenters.